The summed E-state index contributed by atoms with van der Waals surface area (Å²) in [5.74, 6) is 0.468. The fourth-order valence-electron chi connectivity index (χ4n) is 3.38. The molecule has 3 heteroatoms. The van der Waals surface area contributed by atoms with E-state index in [1.54, 1.807) is 0 Å². The first-order valence-corrected chi connectivity index (χ1v) is 7.18. The van der Waals surface area contributed by atoms with Crippen molar-refractivity contribution < 1.29 is 9.84 Å². The van der Waals surface area contributed by atoms with Crippen molar-refractivity contribution in [1.82, 2.24) is 4.90 Å². The average Bonchev–Trinajstić information content (AvgIpc) is 2.63. The van der Waals surface area contributed by atoms with Gasteiger partial charge in [-0.15, -0.1) is 0 Å². The number of hydrogen-bond acceptors (Lipinski definition) is 3. The molecule has 0 aromatic carbocycles. The first kappa shape index (κ1) is 13.3. The summed E-state index contributed by atoms with van der Waals surface area (Å²) in [6.07, 6.45) is 7.36. The number of aliphatic hydroxyl groups excluding tert-OH is 1. The van der Waals surface area contributed by atoms with Crippen LogP contribution in [0.4, 0.5) is 0 Å². The van der Waals surface area contributed by atoms with Gasteiger partial charge >= 0.3 is 0 Å². The number of ether oxygens (including phenoxy) is 1. The molecule has 3 nitrogen and oxygen atoms in total. The van der Waals surface area contributed by atoms with Crippen LogP contribution < -0.4 is 0 Å². The van der Waals surface area contributed by atoms with E-state index < -0.39 is 0 Å². The molecular formula is C14H27NO2. The molecule has 0 amide bonds. The van der Waals surface area contributed by atoms with Gasteiger partial charge in [0.1, 0.15) is 0 Å². The minimum Gasteiger partial charge on any atom is -0.393 e. The Balaban J connectivity index is 1.85. The van der Waals surface area contributed by atoms with Crippen molar-refractivity contribution in [3.63, 3.8) is 0 Å². The molecule has 4 unspecified atom stereocenters. The fraction of sp³-hybridized carbons (Fsp3) is 1.00. The average molecular weight is 241 g/mol. The van der Waals surface area contributed by atoms with Crippen LogP contribution in [0.15, 0.2) is 0 Å². The zero-order valence-corrected chi connectivity index (χ0v) is 11.3. The molecule has 0 bridgehead atoms. The smallest absolute Gasteiger partial charge is 0.0702 e. The van der Waals surface area contributed by atoms with Gasteiger partial charge in [-0.05, 0) is 39.2 Å². The van der Waals surface area contributed by atoms with E-state index in [0.717, 1.165) is 26.0 Å². The van der Waals surface area contributed by atoms with Crippen molar-refractivity contribution in [2.75, 3.05) is 20.2 Å². The summed E-state index contributed by atoms with van der Waals surface area (Å²) in [5, 5.41) is 10.1. The quantitative estimate of drug-likeness (QED) is 0.768. The molecule has 100 valence electrons. The predicted molar refractivity (Wildman–Crippen MR) is 69.0 cm³/mol. The highest BCUT2D eigenvalue weighted by Crippen LogP contribution is 2.26. The molecule has 2 fully saturated rings. The number of aliphatic hydroxyl groups is 1. The topological polar surface area (TPSA) is 32.7 Å². The molecule has 1 saturated carbocycles. The third kappa shape index (κ3) is 3.43. The maximum absolute atomic E-state index is 10.1. The van der Waals surface area contributed by atoms with Gasteiger partial charge in [0.05, 0.1) is 12.2 Å². The van der Waals surface area contributed by atoms with Crippen LogP contribution in [0.3, 0.4) is 0 Å². The van der Waals surface area contributed by atoms with Crippen LogP contribution in [-0.2, 0) is 4.74 Å². The maximum atomic E-state index is 10.1. The first-order valence-electron chi connectivity index (χ1n) is 7.18. The van der Waals surface area contributed by atoms with Crippen molar-refractivity contribution >= 4 is 0 Å². The summed E-state index contributed by atoms with van der Waals surface area (Å²) in [7, 11) is 2.19. The van der Waals surface area contributed by atoms with Gasteiger partial charge < -0.3 is 14.7 Å². The van der Waals surface area contributed by atoms with E-state index in [2.05, 4.69) is 18.9 Å². The van der Waals surface area contributed by atoms with E-state index in [9.17, 15) is 5.11 Å². The van der Waals surface area contributed by atoms with E-state index in [1.165, 1.54) is 25.7 Å². The van der Waals surface area contributed by atoms with Crippen LogP contribution in [0.5, 0.6) is 0 Å². The second kappa shape index (κ2) is 6.17. The van der Waals surface area contributed by atoms with E-state index in [4.69, 9.17) is 4.74 Å². The van der Waals surface area contributed by atoms with Crippen molar-refractivity contribution in [3.8, 4) is 0 Å². The van der Waals surface area contributed by atoms with Gasteiger partial charge in [0, 0.05) is 19.2 Å². The van der Waals surface area contributed by atoms with E-state index in [0.29, 0.717) is 18.1 Å². The van der Waals surface area contributed by atoms with Gasteiger partial charge in [-0.1, -0.05) is 19.3 Å². The molecule has 1 saturated heterocycles. The van der Waals surface area contributed by atoms with Gasteiger partial charge in [-0.3, -0.25) is 0 Å². The van der Waals surface area contributed by atoms with E-state index in [-0.39, 0.29) is 6.10 Å². The van der Waals surface area contributed by atoms with Gasteiger partial charge in [0.25, 0.3) is 0 Å². The van der Waals surface area contributed by atoms with Gasteiger partial charge in [0.15, 0.2) is 0 Å². The minimum atomic E-state index is -0.0856. The third-order valence-electron chi connectivity index (χ3n) is 4.54. The lowest BCUT2D eigenvalue weighted by molar-refractivity contribution is 0.0467. The van der Waals surface area contributed by atoms with Crippen LogP contribution in [0, 0.1) is 5.92 Å². The second-order valence-corrected chi connectivity index (χ2v) is 5.84. The molecule has 0 aromatic rings. The van der Waals surface area contributed by atoms with Crippen molar-refractivity contribution in [3.05, 3.63) is 0 Å². The normalized spacial score (nSPS) is 39.5. The van der Waals surface area contributed by atoms with Gasteiger partial charge in [0.2, 0.25) is 0 Å². The predicted octanol–water partition coefficient (Wildman–Crippen LogP) is 2.04. The Labute approximate surface area is 105 Å². The van der Waals surface area contributed by atoms with Crippen LogP contribution >= 0.6 is 0 Å². The third-order valence-corrected chi connectivity index (χ3v) is 4.54. The monoisotopic (exact) mass is 241 g/mol. The van der Waals surface area contributed by atoms with Gasteiger partial charge in [-0.2, -0.15) is 0 Å². The Hall–Kier alpha value is -0.120. The molecule has 2 aliphatic rings. The summed E-state index contributed by atoms with van der Waals surface area (Å²) >= 11 is 0. The summed E-state index contributed by atoms with van der Waals surface area (Å²) in [6.45, 7) is 4.08. The zero-order valence-electron chi connectivity index (χ0n) is 11.3. The molecule has 2 rings (SSSR count). The molecule has 1 aliphatic carbocycles. The summed E-state index contributed by atoms with van der Waals surface area (Å²) in [4.78, 5) is 2.41. The Bertz CT molecular complexity index is 234. The standard InChI is InChI=1S/C14H27NO2/c1-11-13(8-9-17-11)15(2)10-12-6-4-3-5-7-14(12)16/h11-14,16H,3-10H2,1-2H3. The molecule has 4 atom stereocenters. The Morgan fingerprint density at radius 2 is 1.94 bits per heavy atom. The van der Waals surface area contributed by atoms with E-state index in [1.807, 2.05) is 0 Å². The fourth-order valence-corrected chi connectivity index (χ4v) is 3.38. The lowest BCUT2D eigenvalue weighted by atomic mass is 9.95. The summed E-state index contributed by atoms with van der Waals surface area (Å²) < 4.78 is 5.62. The van der Waals surface area contributed by atoms with Crippen LogP contribution in [0.1, 0.15) is 45.4 Å². The molecule has 0 spiro atoms. The van der Waals surface area contributed by atoms with Crippen LogP contribution in [0.2, 0.25) is 0 Å². The summed E-state index contributed by atoms with van der Waals surface area (Å²) in [5.41, 5.74) is 0. The molecule has 0 aromatic heterocycles. The highest BCUT2D eigenvalue weighted by molar-refractivity contribution is 4.83. The Kier molecular flexibility index (Phi) is 4.83. The molecule has 0 radical (unpaired) electrons. The first-order chi connectivity index (χ1) is 8.18. The van der Waals surface area contributed by atoms with Crippen LogP contribution in [-0.4, -0.2) is 48.5 Å². The minimum absolute atomic E-state index is 0.0856. The van der Waals surface area contributed by atoms with Gasteiger partial charge in [-0.25, -0.2) is 0 Å². The number of likely N-dealkylation sites (N-methyl/N-ethyl adjacent to an activating group) is 1. The number of hydrogen-bond donors (Lipinski definition) is 1. The highest BCUT2D eigenvalue weighted by Gasteiger charge is 2.31. The Morgan fingerprint density at radius 1 is 1.18 bits per heavy atom. The summed E-state index contributed by atoms with van der Waals surface area (Å²) in [6, 6.07) is 0.547. The number of nitrogens with zero attached hydrogens (tertiary/aromatic N) is 1. The molecule has 1 N–H and O–H groups in total. The second-order valence-electron chi connectivity index (χ2n) is 5.84. The highest BCUT2D eigenvalue weighted by atomic mass is 16.5. The Morgan fingerprint density at radius 3 is 2.65 bits per heavy atom. The van der Waals surface area contributed by atoms with Crippen LogP contribution in [0.25, 0.3) is 0 Å². The van der Waals surface area contributed by atoms with Crippen molar-refractivity contribution in [1.29, 1.82) is 0 Å². The molecule has 1 heterocycles. The number of rotatable bonds is 3. The maximum Gasteiger partial charge on any atom is 0.0702 e. The lowest BCUT2D eigenvalue weighted by Gasteiger charge is -2.31. The SMILES string of the molecule is CC1OCCC1N(C)CC1CCCCCC1O. The van der Waals surface area contributed by atoms with Crippen molar-refractivity contribution in [2.45, 2.75) is 63.7 Å². The molecule has 1 aliphatic heterocycles. The largest absolute Gasteiger partial charge is 0.393 e. The molecular weight excluding hydrogens is 214 g/mol. The van der Waals surface area contributed by atoms with Crippen molar-refractivity contribution in [2.24, 2.45) is 5.92 Å². The molecule has 17 heavy (non-hydrogen) atoms. The lowest BCUT2D eigenvalue weighted by Crippen LogP contribution is -2.42. The zero-order chi connectivity index (χ0) is 12.3. The van der Waals surface area contributed by atoms with E-state index >= 15 is 0 Å².